The zero-order valence-corrected chi connectivity index (χ0v) is 14.1. The van der Waals surface area contributed by atoms with E-state index in [0.717, 1.165) is 0 Å². The molecule has 1 amide bonds. The fourth-order valence-electron chi connectivity index (χ4n) is 1.89. The molecule has 0 spiro atoms. The first-order valence-corrected chi connectivity index (χ1v) is 8.59. The van der Waals surface area contributed by atoms with E-state index >= 15 is 0 Å². The van der Waals surface area contributed by atoms with Crippen LogP contribution in [0.15, 0.2) is 0 Å². The smallest absolute Gasteiger partial charge is 0.338 e. The average Bonchev–Trinajstić information content (AvgIpc) is 2.73. The van der Waals surface area contributed by atoms with E-state index in [2.05, 4.69) is 5.32 Å². The van der Waals surface area contributed by atoms with Crippen molar-refractivity contribution in [3.8, 4) is 0 Å². The SMILES string of the molecule is CC(=O)NCCCS(=O)(=O)OCC(C)(C)C1O[C@@H](C)OC1=O. The van der Waals surface area contributed by atoms with Crippen LogP contribution in [-0.4, -0.2) is 51.6 Å². The standard InChI is InChI=1S/C13H23NO7S/c1-9(15)14-6-5-7-22(17,18)19-8-13(3,4)11-12(16)21-10(2)20-11/h10-11H,5-8H2,1-4H3,(H,14,15)/t10-,11?/m1/s1. The monoisotopic (exact) mass is 337 g/mol. The van der Waals surface area contributed by atoms with Crippen LogP contribution in [0.4, 0.5) is 0 Å². The van der Waals surface area contributed by atoms with Crippen molar-refractivity contribution in [2.75, 3.05) is 18.9 Å². The molecule has 1 rings (SSSR count). The van der Waals surface area contributed by atoms with Gasteiger partial charge in [-0.1, -0.05) is 13.8 Å². The summed E-state index contributed by atoms with van der Waals surface area (Å²) in [5.74, 6) is -0.954. The van der Waals surface area contributed by atoms with Crippen LogP contribution in [0.1, 0.15) is 34.1 Å². The molecule has 0 bridgehead atoms. The predicted molar refractivity (Wildman–Crippen MR) is 77.2 cm³/mol. The van der Waals surface area contributed by atoms with Crippen molar-refractivity contribution in [2.24, 2.45) is 5.41 Å². The lowest BCUT2D eigenvalue weighted by Gasteiger charge is -2.27. The van der Waals surface area contributed by atoms with Gasteiger partial charge in [0.25, 0.3) is 10.1 Å². The summed E-state index contributed by atoms with van der Waals surface area (Å²) in [6.07, 6.45) is -1.26. The second kappa shape index (κ2) is 7.38. The Labute approximate surface area is 130 Å². The van der Waals surface area contributed by atoms with E-state index < -0.39 is 33.9 Å². The highest BCUT2D eigenvalue weighted by Crippen LogP contribution is 2.30. The van der Waals surface area contributed by atoms with Crippen LogP contribution in [0.25, 0.3) is 0 Å². The average molecular weight is 337 g/mol. The van der Waals surface area contributed by atoms with E-state index in [1.165, 1.54) is 6.92 Å². The van der Waals surface area contributed by atoms with Crippen LogP contribution in [0, 0.1) is 5.41 Å². The summed E-state index contributed by atoms with van der Waals surface area (Å²) >= 11 is 0. The molecule has 8 nitrogen and oxygen atoms in total. The molecule has 0 aliphatic carbocycles. The lowest BCUT2D eigenvalue weighted by atomic mass is 9.88. The van der Waals surface area contributed by atoms with Gasteiger partial charge in [-0.25, -0.2) is 4.79 Å². The summed E-state index contributed by atoms with van der Waals surface area (Å²) in [7, 11) is -3.73. The number of rotatable bonds is 8. The van der Waals surface area contributed by atoms with Crippen molar-refractivity contribution in [1.29, 1.82) is 0 Å². The van der Waals surface area contributed by atoms with E-state index in [1.54, 1.807) is 20.8 Å². The minimum absolute atomic E-state index is 0.193. The minimum Gasteiger partial charge on any atom is -0.434 e. The number of hydrogen-bond acceptors (Lipinski definition) is 7. The predicted octanol–water partition coefficient (Wildman–Crippen LogP) is 0.173. The Hall–Kier alpha value is -1.19. The Balaban J connectivity index is 2.45. The van der Waals surface area contributed by atoms with Gasteiger partial charge in [-0.3, -0.25) is 8.98 Å². The number of ether oxygens (including phenoxy) is 2. The summed E-state index contributed by atoms with van der Waals surface area (Å²) in [6.45, 7) is 6.36. The number of esters is 1. The third kappa shape index (κ3) is 5.90. The van der Waals surface area contributed by atoms with Crippen LogP contribution in [0.2, 0.25) is 0 Å². The Morgan fingerprint density at radius 3 is 2.55 bits per heavy atom. The van der Waals surface area contributed by atoms with Gasteiger partial charge in [0.1, 0.15) is 0 Å². The zero-order chi connectivity index (χ0) is 17.0. The van der Waals surface area contributed by atoms with E-state index in [1.807, 2.05) is 0 Å². The van der Waals surface area contributed by atoms with Crippen molar-refractivity contribution in [3.63, 3.8) is 0 Å². The fourth-order valence-corrected chi connectivity index (χ4v) is 2.99. The zero-order valence-electron chi connectivity index (χ0n) is 13.2. The third-order valence-electron chi connectivity index (χ3n) is 3.09. The third-order valence-corrected chi connectivity index (χ3v) is 4.35. The molecule has 1 aliphatic heterocycles. The lowest BCUT2D eigenvalue weighted by Crippen LogP contribution is -2.39. The molecule has 22 heavy (non-hydrogen) atoms. The Bertz CT molecular complexity index is 514. The molecule has 0 aromatic heterocycles. The van der Waals surface area contributed by atoms with Gasteiger partial charge in [0.15, 0.2) is 6.10 Å². The summed E-state index contributed by atoms with van der Waals surface area (Å²) in [6, 6.07) is 0. The van der Waals surface area contributed by atoms with Crippen LogP contribution >= 0.6 is 0 Å². The molecule has 0 aromatic rings. The van der Waals surface area contributed by atoms with Gasteiger partial charge >= 0.3 is 5.97 Å². The Morgan fingerprint density at radius 2 is 2.05 bits per heavy atom. The number of nitrogens with one attached hydrogen (secondary N) is 1. The molecule has 9 heteroatoms. The highest BCUT2D eigenvalue weighted by Gasteiger charge is 2.44. The van der Waals surface area contributed by atoms with Crippen LogP contribution in [0.5, 0.6) is 0 Å². The number of carbonyl (C=O) groups excluding carboxylic acids is 2. The normalized spacial score (nSPS) is 22.5. The Kier molecular flexibility index (Phi) is 6.33. The maximum absolute atomic E-state index is 11.8. The van der Waals surface area contributed by atoms with Crippen LogP contribution in [0.3, 0.4) is 0 Å². The summed E-state index contributed by atoms with van der Waals surface area (Å²) in [5, 5.41) is 2.51. The van der Waals surface area contributed by atoms with Crippen molar-refractivity contribution in [3.05, 3.63) is 0 Å². The Morgan fingerprint density at radius 1 is 1.41 bits per heavy atom. The molecule has 0 radical (unpaired) electrons. The van der Waals surface area contributed by atoms with Gasteiger partial charge in [0, 0.05) is 18.9 Å². The molecule has 1 aliphatic rings. The molecule has 1 unspecified atom stereocenters. The number of cyclic esters (lactones) is 1. The summed E-state index contributed by atoms with van der Waals surface area (Å²) in [4.78, 5) is 22.3. The molecule has 1 fully saturated rings. The van der Waals surface area contributed by atoms with Crippen molar-refractivity contribution >= 4 is 22.0 Å². The van der Waals surface area contributed by atoms with Gasteiger partial charge in [0.2, 0.25) is 12.2 Å². The quantitative estimate of drug-likeness (QED) is 0.382. The second-order valence-electron chi connectivity index (χ2n) is 5.87. The number of carbonyl (C=O) groups is 2. The molecule has 2 atom stereocenters. The lowest BCUT2D eigenvalue weighted by molar-refractivity contribution is -0.144. The van der Waals surface area contributed by atoms with Crippen molar-refractivity contribution in [2.45, 2.75) is 46.5 Å². The van der Waals surface area contributed by atoms with Crippen LogP contribution in [-0.2, 0) is 33.4 Å². The molecule has 0 aromatic carbocycles. The highest BCUT2D eigenvalue weighted by atomic mass is 32.2. The molecular weight excluding hydrogens is 314 g/mol. The van der Waals surface area contributed by atoms with Gasteiger partial charge in [-0.05, 0) is 13.3 Å². The van der Waals surface area contributed by atoms with Gasteiger partial charge < -0.3 is 14.8 Å². The van der Waals surface area contributed by atoms with E-state index in [0.29, 0.717) is 0 Å². The highest BCUT2D eigenvalue weighted by molar-refractivity contribution is 7.86. The molecule has 1 N–H and O–H groups in total. The summed E-state index contributed by atoms with van der Waals surface area (Å²) < 4.78 is 38.8. The first kappa shape index (κ1) is 18.9. The fraction of sp³-hybridized carbons (Fsp3) is 0.846. The van der Waals surface area contributed by atoms with E-state index in [9.17, 15) is 18.0 Å². The van der Waals surface area contributed by atoms with Crippen molar-refractivity contribution in [1.82, 2.24) is 5.32 Å². The van der Waals surface area contributed by atoms with Gasteiger partial charge in [0.05, 0.1) is 12.4 Å². The largest absolute Gasteiger partial charge is 0.434 e. The molecule has 0 saturated carbocycles. The maximum atomic E-state index is 11.8. The van der Waals surface area contributed by atoms with Gasteiger partial charge in [-0.15, -0.1) is 0 Å². The summed E-state index contributed by atoms with van der Waals surface area (Å²) in [5.41, 5.74) is -0.841. The van der Waals surface area contributed by atoms with E-state index in [4.69, 9.17) is 13.7 Å². The van der Waals surface area contributed by atoms with Crippen LogP contribution < -0.4 is 5.32 Å². The maximum Gasteiger partial charge on any atom is 0.338 e. The first-order valence-electron chi connectivity index (χ1n) is 7.01. The topological polar surface area (TPSA) is 108 Å². The molecular formula is C13H23NO7S. The molecule has 1 heterocycles. The second-order valence-corrected chi connectivity index (χ2v) is 7.63. The van der Waals surface area contributed by atoms with E-state index in [-0.39, 0.29) is 31.2 Å². The minimum atomic E-state index is -3.73. The van der Waals surface area contributed by atoms with Crippen molar-refractivity contribution < 1.29 is 31.7 Å². The number of hydrogen-bond donors (Lipinski definition) is 1. The molecule has 128 valence electrons. The van der Waals surface area contributed by atoms with Gasteiger partial charge in [-0.2, -0.15) is 8.42 Å². The first-order chi connectivity index (χ1) is 10.0. The number of amides is 1. The molecule has 1 saturated heterocycles.